The minimum atomic E-state index is -0.302. The van der Waals surface area contributed by atoms with E-state index < -0.39 is 0 Å². The van der Waals surface area contributed by atoms with Gasteiger partial charge < -0.3 is 20.5 Å². The first-order valence-corrected chi connectivity index (χ1v) is 7.30. The lowest BCUT2D eigenvalue weighted by molar-refractivity contribution is 0.165. The standard InChI is InChI=1S/C14H18N6O/c15-13(21)20-6-1-3-14(20)4-7-19(8-14)12-10-2-5-16-11(10)17-9-18-12/h2,5,9H,1,3-4,6-8H2,(H2,15,21)(H,16,17,18). The van der Waals surface area contributed by atoms with Gasteiger partial charge in [0.05, 0.1) is 10.9 Å². The first kappa shape index (κ1) is 12.4. The third-order valence-corrected chi connectivity index (χ3v) is 4.83. The Balaban J connectivity index is 1.67. The molecular weight excluding hydrogens is 268 g/mol. The summed E-state index contributed by atoms with van der Waals surface area (Å²) in [6.07, 6.45) is 6.46. The molecule has 110 valence electrons. The Bertz CT molecular complexity index is 698. The normalized spacial score (nSPS) is 25.3. The number of hydrogen-bond acceptors (Lipinski definition) is 4. The molecule has 0 radical (unpaired) electrons. The number of nitrogens with zero attached hydrogens (tertiary/aromatic N) is 4. The molecule has 0 aliphatic carbocycles. The largest absolute Gasteiger partial charge is 0.354 e. The van der Waals surface area contributed by atoms with E-state index in [4.69, 9.17) is 5.73 Å². The maximum absolute atomic E-state index is 11.7. The summed E-state index contributed by atoms with van der Waals surface area (Å²) in [5.41, 5.74) is 6.28. The average Bonchev–Trinajstić information content (AvgIpc) is 3.19. The molecule has 1 spiro atoms. The van der Waals surface area contributed by atoms with Crippen LogP contribution in [0.4, 0.5) is 10.6 Å². The number of likely N-dealkylation sites (tertiary alicyclic amines) is 1. The Morgan fingerprint density at radius 2 is 2.24 bits per heavy atom. The molecule has 0 saturated carbocycles. The number of primary amides is 1. The Hall–Kier alpha value is -2.31. The first-order chi connectivity index (χ1) is 10.2. The molecule has 1 atom stereocenters. The summed E-state index contributed by atoms with van der Waals surface area (Å²) in [6.45, 7) is 2.46. The zero-order valence-corrected chi connectivity index (χ0v) is 11.7. The van der Waals surface area contributed by atoms with Crippen LogP contribution in [0.1, 0.15) is 19.3 Å². The van der Waals surface area contributed by atoms with Gasteiger partial charge in [0.2, 0.25) is 0 Å². The van der Waals surface area contributed by atoms with Crippen LogP contribution in [-0.2, 0) is 0 Å². The quantitative estimate of drug-likeness (QED) is 0.820. The van der Waals surface area contributed by atoms with Crippen molar-refractivity contribution >= 4 is 22.9 Å². The van der Waals surface area contributed by atoms with Crippen LogP contribution in [0.5, 0.6) is 0 Å². The fraction of sp³-hybridized carbons (Fsp3) is 0.500. The summed E-state index contributed by atoms with van der Waals surface area (Å²) in [6, 6.07) is 1.69. The van der Waals surface area contributed by atoms with Crippen LogP contribution in [0.2, 0.25) is 0 Å². The van der Waals surface area contributed by atoms with Crippen LogP contribution in [0.3, 0.4) is 0 Å². The third-order valence-electron chi connectivity index (χ3n) is 4.83. The summed E-state index contributed by atoms with van der Waals surface area (Å²) in [7, 11) is 0. The molecule has 2 aliphatic rings. The molecule has 7 heteroatoms. The predicted octanol–water partition coefficient (Wildman–Crippen LogP) is 1.08. The molecule has 1 unspecified atom stereocenters. The van der Waals surface area contributed by atoms with Crippen molar-refractivity contribution in [1.82, 2.24) is 19.9 Å². The van der Waals surface area contributed by atoms with Gasteiger partial charge in [-0.1, -0.05) is 0 Å². The predicted molar refractivity (Wildman–Crippen MR) is 79.0 cm³/mol. The number of hydrogen-bond donors (Lipinski definition) is 2. The highest BCUT2D eigenvalue weighted by molar-refractivity contribution is 5.87. The van der Waals surface area contributed by atoms with E-state index in [2.05, 4.69) is 19.9 Å². The van der Waals surface area contributed by atoms with Gasteiger partial charge in [0.1, 0.15) is 17.8 Å². The number of carbonyl (C=O) groups excluding carboxylic acids is 1. The number of amides is 2. The number of aromatic amines is 1. The van der Waals surface area contributed by atoms with Crippen LogP contribution < -0.4 is 10.6 Å². The summed E-state index contributed by atoms with van der Waals surface area (Å²) < 4.78 is 0. The summed E-state index contributed by atoms with van der Waals surface area (Å²) >= 11 is 0. The van der Waals surface area contributed by atoms with Crippen molar-refractivity contribution in [2.45, 2.75) is 24.8 Å². The Kier molecular flexibility index (Phi) is 2.57. The number of H-pyrrole nitrogens is 1. The van der Waals surface area contributed by atoms with Crippen molar-refractivity contribution in [3.63, 3.8) is 0 Å². The second-order valence-electron chi connectivity index (χ2n) is 5.93. The van der Waals surface area contributed by atoms with Gasteiger partial charge in [0.15, 0.2) is 0 Å². The topological polar surface area (TPSA) is 91.1 Å². The van der Waals surface area contributed by atoms with Crippen molar-refractivity contribution < 1.29 is 4.79 Å². The number of rotatable bonds is 1. The van der Waals surface area contributed by atoms with Gasteiger partial charge in [0.25, 0.3) is 0 Å². The van der Waals surface area contributed by atoms with Crippen LogP contribution >= 0.6 is 0 Å². The maximum atomic E-state index is 11.7. The van der Waals surface area contributed by atoms with E-state index in [0.29, 0.717) is 0 Å². The number of anilines is 1. The van der Waals surface area contributed by atoms with Crippen molar-refractivity contribution in [1.29, 1.82) is 0 Å². The number of fused-ring (bicyclic) bond motifs is 1. The van der Waals surface area contributed by atoms with E-state index in [0.717, 1.165) is 55.7 Å². The van der Waals surface area contributed by atoms with Gasteiger partial charge in [-0.25, -0.2) is 14.8 Å². The van der Waals surface area contributed by atoms with E-state index in [1.807, 2.05) is 17.2 Å². The van der Waals surface area contributed by atoms with E-state index >= 15 is 0 Å². The highest BCUT2D eigenvalue weighted by Gasteiger charge is 2.48. The van der Waals surface area contributed by atoms with Gasteiger partial charge in [-0.2, -0.15) is 0 Å². The van der Waals surface area contributed by atoms with E-state index in [9.17, 15) is 4.79 Å². The third kappa shape index (κ3) is 1.76. The van der Waals surface area contributed by atoms with Crippen LogP contribution in [0, 0.1) is 0 Å². The number of urea groups is 1. The molecule has 2 aromatic heterocycles. The van der Waals surface area contributed by atoms with Crippen LogP contribution in [0.25, 0.3) is 11.0 Å². The average molecular weight is 286 g/mol. The SMILES string of the molecule is NC(=O)N1CCCC12CCN(c1ncnc3[nH]ccc13)C2. The number of nitrogens with two attached hydrogens (primary N) is 1. The zero-order chi connectivity index (χ0) is 14.4. The molecule has 2 fully saturated rings. The highest BCUT2D eigenvalue weighted by atomic mass is 16.2. The van der Waals surface area contributed by atoms with Gasteiger partial charge in [0, 0.05) is 25.8 Å². The molecule has 4 heterocycles. The maximum Gasteiger partial charge on any atom is 0.315 e. The first-order valence-electron chi connectivity index (χ1n) is 7.30. The van der Waals surface area contributed by atoms with Crippen molar-refractivity contribution in [2.75, 3.05) is 24.5 Å². The van der Waals surface area contributed by atoms with E-state index in [-0.39, 0.29) is 11.6 Å². The molecule has 2 aromatic rings. The number of carbonyl (C=O) groups is 1. The van der Waals surface area contributed by atoms with E-state index in [1.165, 1.54) is 0 Å². The molecule has 21 heavy (non-hydrogen) atoms. The van der Waals surface area contributed by atoms with Crippen LogP contribution in [0.15, 0.2) is 18.6 Å². The lowest BCUT2D eigenvalue weighted by atomic mass is 9.95. The zero-order valence-electron chi connectivity index (χ0n) is 11.7. The molecule has 0 aromatic carbocycles. The van der Waals surface area contributed by atoms with Gasteiger partial charge in [-0.3, -0.25) is 0 Å². The van der Waals surface area contributed by atoms with Crippen molar-refractivity contribution in [3.8, 4) is 0 Å². The fourth-order valence-corrected chi connectivity index (χ4v) is 3.85. The molecular formula is C14H18N6O. The fourth-order valence-electron chi connectivity index (χ4n) is 3.85. The summed E-state index contributed by atoms with van der Waals surface area (Å²) in [5.74, 6) is 0.939. The molecule has 2 aliphatic heterocycles. The minimum Gasteiger partial charge on any atom is -0.354 e. The molecule has 3 N–H and O–H groups in total. The molecule has 2 saturated heterocycles. The van der Waals surface area contributed by atoms with Gasteiger partial charge >= 0.3 is 6.03 Å². The lowest BCUT2D eigenvalue weighted by Crippen LogP contribution is -2.51. The highest BCUT2D eigenvalue weighted by Crippen LogP contribution is 2.39. The monoisotopic (exact) mass is 286 g/mol. The Morgan fingerprint density at radius 1 is 1.33 bits per heavy atom. The molecule has 2 amide bonds. The summed E-state index contributed by atoms with van der Waals surface area (Å²) in [5, 5.41) is 1.03. The Morgan fingerprint density at radius 3 is 3.10 bits per heavy atom. The molecule has 7 nitrogen and oxygen atoms in total. The lowest BCUT2D eigenvalue weighted by Gasteiger charge is -2.33. The van der Waals surface area contributed by atoms with E-state index in [1.54, 1.807) is 6.33 Å². The van der Waals surface area contributed by atoms with Crippen molar-refractivity contribution in [3.05, 3.63) is 18.6 Å². The number of nitrogens with one attached hydrogen (secondary N) is 1. The molecule has 4 rings (SSSR count). The second kappa shape index (κ2) is 4.34. The van der Waals surface area contributed by atoms with Gasteiger partial charge in [-0.15, -0.1) is 0 Å². The Labute approximate surface area is 122 Å². The second-order valence-corrected chi connectivity index (χ2v) is 5.93. The minimum absolute atomic E-state index is 0.112. The smallest absolute Gasteiger partial charge is 0.315 e. The number of aromatic nitrogens is 3. The van der Waals surface area contributed by atoms with Crippen molar-refractivity contribution in [2.24, 2.45) is 5.73 Å². The van der Waals surface area contributed by atoms with Gasteiger partial charge in [-0.05, 0) is 25.3 Å². The summed E-state index contributed by atoms with van der Waals surface area (Å²) in [4.78, 5) is 27.6. The van der Waals surface area contributed by atoms with Crippen LogP contribution in [-0.4, -0.2) is 51.1 Å². The molecule has 0 bridgehead atoms.